The lowest BCUT2D eigenvalue weighted by atomic mass is 9.96. The van der Waals surface area contributed by atoms with Crippen molar-refractivity contribution in [1.29, 1.82) is 0 Å². The van der Waals surface area contributed by atoms with Crippen LogP contribution in [0, 0.1) is 11.6 Å². The van der Waals surface area contributed by atoms with Gasteiger partial charge in [-0.25, -0.2) is 9.37 Å². The molecule has 0 unspecified atom stereocenters. The Morgan fingerprint density at radius 2 is 1.81 bits per heavy atom. The number of hydrogen-bond acceptors (Lipinski definition) is 4. The van der Waals surface area contributed by atoms with Crippen molar-refractivity contribution in [3.63, 3.8) is 0 Å². The summed E-state index contributed by atoms with van der Waals surface area (Å²) in [5.41, 5.74) is 5.35. The Morgan fingerprint density at radius 1 is 1.14 bits per heavy atom. The molecule has 21 heavy (non-hydrogen) atoms. The summed E-state index contributed by atoms with van der Waals surface area (Å²) in [4.78, 5) is 8.30. The zero-order valence-corrected chi connectivity index (χ0v) is 13.3. The van der Waals surface area contributed by atoms with Crippen LogP contribution in [0.15, 0.2) is 22.7 Å². The number of hydrogen-bond donors (Lipinski definition) is 1. The second-order valence-corrected chi connectivity index (χ2v) is 6.42. The first-order valence-electron chi connectivity index (χ1n) is 6.14. The minimum Gasteiger partial charge on any atom is -0.436 e. The number of nitrogens with zero attached hydrogens (tertiary/aromatic N) is 2. The molecule has 0 fully saturated rings. The Bertz CT molecular complexity index is 687. The van der Waals surface area contributed by atoms with Crippen LogP contribution in [0.4, 0.5) is 14.6 Å². The quantitative estimate of drug-likeness (QED) is 0.818. The number of halogens is 3. The first kappa shape index (κ1) is 15.6. The molecule has 0 spiro atoms. The zero-order chi connectivity index (χ0) is 15.8. The summed E-state index contributed by atoms with van der Waals surface area (Å²) in [5.74, 6) is -1.68. The number of aromatic nitrogens is 2. The lowest BCUT2D eigenvalue weighted by Crippen LogP contribution is -2.17. The molecule has 2 aromatic rings. The Labute approximate surface area is 129 Å². The van der Waals surface area contributed by atoms with Crippen LogP contribution in [0.3, 0.4) is 0 Å². The summed E-state index contributed by atoms with van der Waals surface area (Å²) < 4.78 is 32.7. The van der Waals surface area contributed by atoms with E-state index in [-0.39, 0.29) is 22.9 Å². The average molecular weight is 358 g/mol. The predicted molar refractivity (Wildman–Crippen MR) is 79.3 cm³/mol. The number of nitrogens with two attached hydrogens (primary N) is 1. The number of ether oxygens (including phenoxy) is 1. The maximum absolute atomic E-state index is 13.7. The normalized spacial score (nSPS) is 11.5. The van der Waals surface area contributed by atoms with Gasteiger partial charge < -0.3 is 10.5 Å². The maximum atomic E-state index is 13.7. The van der Waals surface area contributed by atoms with Gasteiger partial charge in [0, 0.05) is 16.0 Å². The first-order valence-corrected chi connectivity index (χ1v) is 6.93. The van der Waals surface area contributed by atoms with Crippen molar-refractivity contribution in [3.8, 4) is 11.6 Å². The second kappa shape index (κ2) is 5.55. The number of nitrogen functional groups attached to an aromatic ring is 1. The average Bonchev–Trinajstić information content (AvgIpc) is 2.33. The highest BCUT2D eigenvalue weighted by molar-refractivity contribution is 9.10. The molecule has 0 amide bonds. The van der Waals surface area contributed by atoms with Crippen molar-refractivity contribution < 1.29 is 13.5 Å². The molecule has 0 saturated heterocycles. The van der Waals surface area contributed by atoms with E-state index in [0.29, 0.717) is 10.3 Å². The third-order valence-corrected chi connectivity index (χ3v) is 3.03. The molecule has 0 saturated carbocycles. The van der Waals surface area contributed by atoms with Crippen LogP contribution in [-0.2, 0) is 5.41 Å². The van der Waals surface area contributed by atoms with E-state index >= 15 is 0 Å². The first-order chi connectivity index (χ1) is 9.66. The summed E-state index contributed by atoms with van der Waals surface area (Å²) in [5, 5.41) is 0. The maximum Gasteiger partial charge on any atom is 0.224 e. The largest absolute Gasteiger partial charge is 0.436 e. The topological polar surface area (TPSA) is 61.0 Å². The molecule has 1 aromatic heterocycles. The third kappa shape index (κ3) is 3.66. The summed E-state index contributed by atoms with van der Waals surface area (Å²) in [6.07, 6.45) is 0. The Kier molecular flexibility index (Phi) is 4.13. The molecule has 2 rings (SSSR count). The second-order valence-electron chi connectivity index (χ2n) is 5.51. The van der Waals surface area contributed by atoms with Crippen LogP contribution in [0.2, 0.25) is 0 Å². The summed E-state index contributed by atoms with van der Waals surface area (Å²) in [7, 11) is 0. The molecule has 1 heterocycles. The van der Waals surface area contributed by atoms with Crippen LogP contribution in [0.25, 0.3) is 0 Å². The van der Waals surface area contributed by atoms with E-state index in [0.717, 1.165) is 6.07 Å². The van der Waals surface area contributed by atoms with E-state index in [1.54, 1.807) is 0 Å². The molecule has 0 aliphatic rings. The van der Waals surface area contributed by atoms with Gasteiger partial charge in [0.2, 0.25) is 11.7 Å². The monoisotopic (exact) mass is 357 g/mol. The van der Waals surface area contributed by atoms with E-state index in [4.69, 9.17) is 10.5 Å². The van der Waals surface area contributed by atoms with Crippen molar-refractivity contribution in [2.24, 2.45) is 0 Å². The lowest BCUT2D eigenvalue weighted by Gasteiger charge is -2.17. The molecule has 0 bridgehead atoms. The standard InChI is InChI=1S/C14H14BrF2N3O/c1-14(2,3)13-19-10(18)6-11(20-13)21-9-5-7(15)4-8(16)12(9)17/h4-6H,1-3H3,(H2,18,19,20). The summed E-state index contributed by atoms with van der Waals surface area (Å²) in [6.45, 7) is 5.72. The number of rotatable bonds is 2. The van der Waals surface area contributed by atoms with Crippen molar-refractivity contribution in [2.75, 3.05) is 5.73 Å². The van der Waals surface area contributed by atoms with E-state index in [2.05, 4.69) is 25.9 Å². The van der Waals surface area contributed by atoms with Crippen LogP contribution in [-0.4, -0.2) is 9.97 Å². The van der Waals surface area contributed by atoms with Gasteiger partial charge in [0.05, 0.1) is 0 Å². The highest BCUT2D eigenvalue weighted by Gasteiger charge is 2.20. The summed E-state index contributed by atoms with van der Waals surface area (Å²) >= 11 is 3.08. The number of benzene rings is 1. The fourth-order valence-electron chi connectivity index (χ4n) is 1.55. The fraction of sp³-hybridized carbons (Fsp3) is 0.286. The summed E-state index contributed by atoms with van der Waals surface area (Å²) in [6, 6.07) is 3.68. The molecular formula is C14H14BrF2N3O. The van der Waals surface area contributed by atoms with Gasteiger partial charge in [-0.15, -0.1) is 0 Å². The smallest absolute Gasteiger partial charge is 0.224 e. The molecule has 4 nitrogen and oxygen atoms in total. The molecule has 112 valence electrons. The van der Waals surface area contributed by atoms with Crippen LogP contribution < -0.4 is 10.5 Å². The number of anilines is 1. The molecule has 2 N–H and O–H groups in total. The molecule has 7 heteroatoms. The Hall–Kier alpha value is -1.76. The van der Waals surface area contributed by atoms with Gasteiger partial charge in [0.25, 0.3) is 0 Å². The van der Waals surface area contributed by atoms with Gasteiger partial charge in [0.1, 0.15) is 11.6 Å². The van der Waals surface area contributed by atoms with E-state index in [1.165, 1.54) is 12.1 Å². The zero-order valence-electron chi connectivity index (χ0n) is 11.7. The van der Waals surface area contributed by atoms with Gasteiger partial charge in [-0.2, -0.15) is 9.37 Å². The minimum absolute atomic E-state index is 0.0591. The van der Waals surface area contributed by atoms with Gasteiger partial charge in [-0.1, -0.05) is 36.7 Å². The van der Waals surface area contributed by atoms with E-state index < -0.39 is 11.6 Å². The third-order valence-electron chi connectivity index (χ3n) is 2.57. The van der Waals surface area contributed by atoms with Crippen molar-refractivity contribution in [3.05, 3.63) is 40.1 Å². The van der Waals surface area contributed by atoms with E-state index in [9.17, 15) is 8.78 Å². The molecular weight excluding hydrogens is 344 g/mol. The van der Waals surface area contributed by atoms with Crippen LogP contribution in [0.5, 0.6) is 11.6 Å². The molecule has 0 aliphatic heterocycles. The van der Waals surface area contributed by atoms with Gasteiger partial charge in [-0.3, -0.25) is 0 Å². The molecule has 1 aromatic carbocycles. The highest BCUT2D eigenvalue weighted by atomic mass is 79.9. The molecule has 0 aliphatic carbocycles. The fourth-order valence-corrected chi connectivity index (χ4v) is 1.96. The van der Waals surface area contributed by atoms with Crippen LogP contribution >= 0.6 is 15.9 Å². The van der Waals surface area contributed by atoms with Crippen LogP contribution in [0.1, 0.15) is 26.6 Å². The van der Waals surface area contributed by atoms with Gasteiger partial charge in [-0.05, 0) is 12.1 Å². The molecule has 0 radical (unpaired) electrons. The van der Waals surface area contributed by atoms with Gasteiger partial charge in [0.15, 0.2) is 11.6 Å². The molecule has 0 atom stereocenters. The Balaban J connectivity index is 2.43. The lowest BCUT2D eigenvalue weighted by molar-refractivity contribution is 0.399. The van der Waals surface area contributed by atoms with E-state index in [1.807, 2.05) is 20.8 Å². The predicted octanol–water partition coefficient (Wildman–Crippen LogP) is 4.19. The van der Waals surface area contributed by atoms with Crippen molar-refractivity contribution >= 4 is 21.7 Å². The SMILES string of the molecule is CC(C)(C)c1nc(N)cc(Oc2cc(Br)cc(F)c2F)n1. The van der Waals surface area contributed by atoms with Crippen molar-refractivity contribution in [1.82, 2.24) is 9.97 Å². The Morgan fingerprint density at radius 3 is 2.43 bits per heavy atom. The van der Waals surface area contributed by atoms with Crippen molar-refractivity contribution in [2.45, 2.75) is 26.2 Å². The highest BCUT2D eigenvalue weighted by Crippen LogP contribution is 2.30. The minimum atomic E-state index is -1.09. The van der Waals surface area contributed by atoms with Gasteiger partial charge >= 0.3 is 0 Å².